The number of amides is 1. The highest BCUT2D eigenvalue weighted by Gasteiger charge is 2.35. The highest BCUT2D eigenvalue weighted by atomic mass is 35.5. The van der Waals surface area contributed by atoms with Crippen LogP contribution in [0, 0.1) is 0 Å². The molecule has 2 heterocycles. The lowest BCUT2D eigenvalue weighted by atomic mass is 9.95. The van der Waals surface area contributed by atoms with Crippen molar-refractivity contribution in [2.45, 2.75) is 12.8 Å². The number of carbonyl (C=O) groups is 1. The number of nitrogens with zero attached hydrogens (tertiary/aromatic N) is 1. The Labute approximate surface area is 179 Å². The van der Waals surface area contributed by atoms with Gasteiger partial charge in [-0.3, -0.25) is 4.79 Å². The van der Waals surface area contributed by atoms with Gasteiger partial charge in [-0.2, -0.15) is 0 Å². The zero-order chi connectivity index (χ0) is 21.0. The minimum atomic E-state index is -0.137. The molecule has 3 aromatic carbocycles. The number of anilines is 1. The molecule has 1 atom stereocenters. The summed E-state index contributed by atoms with van der Waals surface area (Å²) in [6.45, 7) is 6.47. The smallest absolute Gasteiger partial charge is 0.274 e. The van der Waals surface area contributed by atoms with E-state index in [-0.39, 0.29) is 17.6 Å². The van der Waals surface area contributed by atoms with Gasteiger partial charge in [0.05, 0.1) is 11.2 Å². The van der Waals surface area contributed by atoms with E-state index in [0.29, 0.717) is 18.1 Å². The predicted octanol–water partition coefficient (Wildman–Crippen LogP) is 6.04. The number of carbonyl (C=O) groups excluding carboxylic acids is 1. The Balaban J connectivity index is 1.65. The van der Waals surface area contributed by atoms with Gasteiger partial charge in [-0.15, -0.1) is 11.6 Å². The number of nitrogens with one attached hydrogen (secondary N) is 1. The van der Waals surface area contributed by atoms with Gasteiger partial charge in [0.2, 0.25) is 0 Å². The molecule has 1 aliphatic rings. The lowest BCUT2D eigenvalue weighted by Gasteiger charge is -2.17. The number of phenolic OH excluding ortho intramolecular Hbond substituents is 1. The van der Waals surface area contributed by atoms with Crippen LogP contribution in [0.1, 0.15) is 34.5 Å². The number of fused-ring (bicyclic) bond motifs is 4. The Hall–Kier alpha value is -3.24. The van der Waals surface area contributed by atoms with Gasteiger partial charge in [0.25, 0.3) is 5.91 Å². The number of rotatable bonds is 3. The third kappa shape index (κ3) is 2.71. The van der Waals surface area contributed by atoms with Crippen molar-refractivity contribution in [2.24, 2.45) is 0 Å². The second-order valence-electron chi connectivity index (χ2n) is 7.87. The van der Waals surface area contributed by atoms with Crippen molar-refractivity contribution in [1.29, 1.82) is 0 Å². The molecular weight excluding hydrogens is 396 g/mol. The lowest BCUT2D eigenvalue weighted by Crippen LogP contribution is -2.30. The van der Waals surface area contributed by atoms with E-state index in [0.717, 1.165) is 44.1 Å². The van der Waals surface area contributed by atoms with Crippen molar-refractivity contribution < 1.29 is 9.90 Å². The van der Waals surface area contributed by atoms with Gasteiger partial charge < -0.3 is 15.0 Å². The number of para-hydroxylation sites is 1. The molecule has 0 fully saturated rings. The molecule has 0 radical (unpaired) electrons. The maximum Gasteiger partial charge on any atom is 0.274 e. The zero-order valence-electron chi connectivity index (χ0n) is 16.6. The summed E-state index contributed by atoms with van der Waals surface area (Å²) in [6, 6.07) is 17.2. The van der Waals surface area contributed by atoms with Crippen LogP contribution in [0.5, 0.6) is 5.75 Å². The summed E-state index contributed by atoms with van der Waals surface area (Å²) in [6.07, 6.45) is 0. The van der Waals surface area contributed by atoms with E-state index >= 15 is 0 Å². The van der Waals surface area contributed by atoms with Crippen molar-refractivity contribution in [3.63, 3.8) is 0 Å². The first kappa shape index (κ1) is 18.8. The monoisotopic (exact) mass is 416 g/mol. The number of halogens is 1. The molecule has 30 heavy (non-hydrogen) atoms. The third-order valence-corrected chi connectivity index (χ3v) is 6.29. The third-order valence-electron chi connectivity index (χ3n) is 5.92. The first-order valence-corrected chi connectivity index (χ1v) is 10.4. The second kappa shape index (κ2) is 6.92. The van der Waals surface area contributed by atoms with E-state index in [1.54, 1.807) is 11.0 Å². The van der Waals surface area contributed by atoms with Crippen LogP contribution >= 0.6 is 11.6 Å². The largest absolute Gasteiger partial charge is 0.507 e. The van der Waals surface area contributed by atoms with E-state index in [1.165, 1.54) is 0 Å². The average Bonchev–Trinajstić information content (AvgIpc) is 3.34. The van der Waals surface area contributed by atoms with E-state index in [9.17, 15) is 9.90 Å². The Morgan fingerprint density at radius 1 is 1.20 bits per heavy atom. The quantitative estimate of drug-likeness (QED) is 0.400. The molecule has 2 N–H and O–H groups in total. The van der Waals surface area contributed by atoms with Crippen LogP contribution in [0.2, 0.25) is 0 Å². The summed E-state index contributed by atoms with van der Waals surface area (Å²) < 4.78 is 0. The Bertz CT molecular complexity index is 1340. The summed E-state index contributed by atoms with van der Waals surface area (Å²) in [5.41, 5.74) is 5.09. The van der Waals surface area contributed by atoms with E-state index in [1.807, 2.05) is 55.5 Å². The number of hydrogen-bond donors (Lipinski definition) is 2. The van der Waals surface area contributed by atoms with Crippen molar-refractivity contribution in [2.75, 3.05) is 17.3 Å². The molecule has 5 heteroatoms. The maximum absolute atomic E-state index is 13.5. The van der Waals surface area contributed by atoms with Crippen LogP contribution in [0.15, 0.2) is 61.2 Å². The number of aromatic hydroxyl groups is 1. The fourth-order valence-corrected chi connectivity index (χ4v) is 4.77. The molecule has 1 amide bonds. The Morgan fingerprint density at radius 2 is 1.97 bits per heavy atom. The number of alkyl halides is 1. The molecule has 0 unspecified atom stereocenters. The zero-order valence-corrected chi connectivity index (χ0v) is 17.3. The topological polar surface area (TPSA) is 56.3 Å². The first-order valence-electron chi connectivity index (χ1n) is 9.89. The first-order chi connectivity index (χ1) is 14.5. The van der Waals surface area contributed by atoms with Crippen molar-refractivity contribution >= 4 is 50.4 Å². The maximum atomic E-state index is 13.5. The summed E-state index contributed by atoms with van der Waals surface area (Å²) in [5.74, 6) is 0.436. The fourth-order valence-electron chi connectivity index (χ4n) is 4.52. The minimum Gasteiger partial charge on any atom is -0.507 e. The molecule has 0 aliphatic carbocycles. The number of H-pyrrole nitrogens is 1. The summed E-state index contributed by atoms with van der Waals surface area (Å²) in [5, 5.41) is 13.3. The molecule has 0 saturated carbocycles. The van der Waals surface area contributed by atoms with Gasteiger partial charge in [-0.25, -0.2) is 0 Å². The van der Waals surface area contributed by atoms with Crippen LogP contribution in [0.25, 0.3) is 27.2 Å². The number of benzene rings is 3. The molecule has 0 saturated heterocycles. The Kier molecular flexibility index (Phi) is 4.33. The molecular formula is C25H21ClN2O2. The van der Waals surface area contributed by atoms with Gasteiger partial charge in [0.15, 0.2) is 0 Å². The minimum absolute atomic E-state index is 0.00600. The lowest BCUT2D eigenvalue weighted by molar-refractivity contribution is 0.0984. The molecule has 4 nitrogen and oxygen atoms in total. The van der Waals surface area contributed by atoms with Crippen LogP contribution in [-0.2, 0) is 0 Å². The molecule has 150 valence electrons. The highest BCUT2D eigenvalue weighted by Crippen LogP contribution is 2.45. The number of aromatic amines is 1. The summed E-state index contributed by atoms with van der Waals surface area (Å²) >= 11 is 6.29. The van der Waals surface area contributed by atoms with Gasteiger partial charge in [-0.1, -0.05) is 49.0 Å². The summed E-state index contributed by atoms with van der Waals surface area (Å²) in [4.78, 5) is 18.5. The van der Waals surface area contributed by atoms with Crippen molar-refractivity contribution in [1.82, 2.24) is 4.98 Å². The normalized spacial score (nSPS) is 15.7. The highest BCUT2D eigenvalue weighted by molar-refractivity contribution is 6.19. The van der Waals surface area contributed by atoms with E-state index < -0.39 is 0 Å². The second-order valence-corrected chi connectivity index (χ2v) is 8.18. The SMILES string of the molecule is C=C(C)c1cccc2cc(C(=O)N3C[C@@H](CCl)c4c3cc(O)c3ccccc43)[nH]c12. The molecule has 1 aromatic heterocycles. The number of phenols is 1. The van der Waals surface area contributed by atoms with Crippen LogP contribution in [0.4, 0.5) is 5.69 Å². The van der Waals surface area contributed by atoms with Gasteiger partial charge in [-0.05, 0) is 29.5 Å². The molecule has 0 spiro atoms. The average molecular weight is 417 g/mol. The molecule has 1 aliphatic heterocycles. The number of hydrogen-bond acceptors (Lipinski definition) is 2. The van der Waals surface area contributed by atoms with E-state index in [2.05, 4.69) is 11.6 Å². The molecule has 5 rings (SSSR count). The van der Waals surface area contributed by atoms with E-state index in [4.69, 9.17) is 11.6 Å². The Morgan fingerprint density at radius 3 is 2.70 bits per heavy atom. The van der Waals surface area contributed by atoms with Gasteiger partial charge in [0.1, 0.15) is 11.4 Å². The number of allylic oxidation sites excluding steroid dienone is 1. The fraction of sp³-hybridized carbons (Fsp3) is 0.160. The molecule has 0 bridgehead atoms. The summed E-state index contributed by atoms with van der Waals surface area (Å²) in [7, 11) is 0. The van der Waals surface area contributed by atoms with Crippen LogP contribution in [-0.4, -0.2) is 28.4 Å². The van der Waals surface area contributed by atoms with Crippen molar-refractivity contribution in [3.05, 3.63) is 78.0 Å². The predicted molar refractivity (Wildman–Crippen MR) is 124 cm³/mol. The molecule has 4 aromatic rings. The van der Waals surface area contributed by atoms with Gasteiger partial charge >= 0.3 is 0 Å². The number of aromatic nitrogens is 1. The standard InChI is InChI=1S/C25H21ClN2O2/c1-14(2)17-9-5-6-15-10-20(27-24(15)17)25(30)28-13-16(12-26)23-19-8-4-3-7-18(19)22(29)11-21(23)28/h3-11,16,27,29H,1,12-13H2,2H3/t16-/m1/s1. The van der Waals surface area contributed by atoms with Crippen LogP contribution in [0.3, 0.4) is 0 Å². The van der Waals surface area contributed by atoms with Crippen molar-refractivity contribution in [3.8, 4) is 5.75 Å². The van der Waals surface area contributed by atoms with Gasteiger partial charge in [0, 0.05) is 40.7 Å². The van der Waals surface area contributed by atoms with Crippen LogP contribution < -0.4 is 4.90 Å².